The molecular formula is C36H32F3N9O6. The van der Waals surface area contributed by atoms with E-state index in [2.05, 4.69) is 31.1 Å². The molecule has 7 rings (SSSR count). The lowest BCUT2D eigenvalue weighted by Crippen LogP contribution is -2.52. The van der Waals surface area contributed by atoms with E-state index in [-0.39, 0.29) is 69.3 Å². The predicted molar refractivity (Wildman–Crippen MR) is 186 cm³/mol. The molecule has 0 saturated carbocycles. The van der Waals surface area contributed by atoms with Gasteiger partial charge in [0.05, 0.1) is 29.2 Å². The Labute approximate surface area is 304 Å². The summed E-state index contributed by atoms with van der Waals surface area (Å²) >= 11 is 0. The minimum Gasteiger partial charge on any atom is -0.360 e. The number of piperazine rings is 1. The largest absolute Gasteiger partial charge is 0.418 e. The number of H-pyrrole nitrogens is 1. The number of nitrogens with one attached hydrogen (secondary N) is 4. The standard InChI is InChI=1S/C36H32F3N9O6/c37-36(38,39)23-17-20(7-8-25(23)43-33(52)28-6-2-5-26(41-28)27-11-13-40-45-27)47-16-15-46(32(51)19-47)14-12-31(50)42-24-4-1-3-21-22(24)18-48(35(21)54)29-9-10-30(49)44-34(29)53/h1-8,11,13,17,29H,9-10,12,14-16,18-19H2,(H,40,45)(H,42,50)(H,43,52)(H,44,49,53). The van der Waals surface area contributed by atoms with Crippen molar-refractivity contribution in [2.24, 2.45) is 0 Å². The number of halogens is 3. The highest BCUT2D eigenvalue weighted by Gasteiger charge is 2.40. The summed E-state index contributed by atoms with van der Waals surface area (Å²) in [6.45, 7) is 0.201. The number of hydrogen-bond acceptors (Lipinski definition) is 9. The van der Waals surface area contributed by atoms with Crippen LogP contribution in [-0.4, -0.2) is 92.6 Å². The van der Waals surface area contributed by atoms with E-state index in [0.29, 0.717) is 28.2 Å². The quantitative estimate of drug-likeness (QED) is 0.187. The molecule has 2 saturated heterocycles. The summed E-state index contributed by atoms with van der Waals surface area (Å²) in [5.41, 5.74) is 0.614. The van der Waals surface area contributed by atoms with Gasteiger partial charge in [-0.25, -0.2) is 4.98 Å². The van der Waals surface area contributed by atoms with Crippen LogP contribution in [-0.2, 0) is 31.9 Å². The highest BCUT2D eigenvalue weighted by atomic mass is 19.4. The van der Waals surface area contributed by atoms with Crippen LogP contribution < -0.4 is 20.9 Å². The zero-order valence-corrected chi connectivity index (χ0v) is 28.4. The number of carbonyl (C=O) groups excluding carboxylic acids is 6. The minimum atomic E-state index is -4.83. The molecule has 1 atom stereocenters. The van der Waals surface area contributed by atoms with Crippen molar-refractivity contribution in [2.45, 2.75) is 38.0 Å². The smallest absolute Gasteiger partial charge is 0.360 e. The number of aromatic nitrogens is 3. The Balaban J connectivity index is 0.954. The molecule has 18 heteroatoms. The van der Waals surface area contributed by atoms with Crippen molar-refractivity contribution < 1.29 is 41.9 Å². The number of carbonyl (C=O) groups is 6. The van der Waals surface area contributed by atoms with Crippen LogP contribution in [0.1, 0.15) is 51.2 Å². The van der Waals surface area contributed by atoms with Crippen LogP contribution in [0.25, 0.3) is 11.4 Å². The first-order chi connectivity index (χ1) is 25.9. The van der Waals surface area contributed by atoms with E-state index in [1.54, 1.807) is 36.4 Å². The molecule has 3 aliphatic rings. The van der Waals surface area contributed by atoms with Crippen molar-refractivity contribution in [3.05, 3.63) is 89.2 Å². The molecule has 15 nitrogen and oxygen atoms in total. The molecule has 0 bridgehead atoms. The molecule has 0 spiro atoms. The van der Waals surface area contributed by atoms with E-state index in [1.807, 2.05) is 0 Å². The van der Waals surface area contributed by atoms with Crippen molar-refractivity contribution in [2.75, 3.05) is 41.7 Å². The molecule has 278 valence electrons. The number of piperidine rings is 1. The highest BCUT2D eigenvalue weighted by molar-refractivity contribution is 6.07. The number of rotatable bonds is 9. The van der Waals surface area contributed by atoms with Gasteiger partial charge in [-0.15, -0.1) is 0 Å². The van der Waals surface area contributed by atoms with Gasteiger partial charge in [-0.1, -0.05) is 12.1 Å². The van der Waals surface area contributed by atoms with Gasteiger partial charge >= 0.3 is 6.18 Å². The number of nitrogens with zero attached hydrogens (tertiary/aromatic N) is 5. The van der Waals surface area contributed by atoms with Crippen molar-refractivity contribution in [1.29, 1.82) is 0 Å². The van der Waals surface area contributed by atoms with Crippen LogP contribution in [0.2, 0.25) is 0 Å². The maximum atomic E-state index is 14.2. The fourth-order valence-corrected chi connectivity index (χ4v) is 6.69. The summed E-state index contributed by atoms with van der Waals surface area (Å²) in [5.74, 6) is -3.00. The van der Waals surface area contributed by atoms with Gasteiger partial charge in [0.25, 0.3) is 11.8 Å². The van der Waals surface area contributed by atoms with Gasteiger partial charge in [0.2, 0.25) is 23.6 Å². The van der Waals surface area contributed by atoms with Crippen LogP contribution >= 0.6 is 0 Å². The van der Waals surface area contributed by atoms with Crippen LogP contribution in [0.4, 0.5) is 30.2 Å². The molecule has 2 aromatic carbocycles. The second-order valence-corrected chi connectivity index (χ2v) is 12.9. The zero-order chi connectivity index (χ0) is 38.1. The first-order valence-corrected chi connectivity index (χ1v) is 16.9. The number of benzene rings is 2. The Hall–Kier alpha value is -6.59. The van der Waals surface area contributed by atoms with Crippen molar-refractivity contribution in [1.82, 2.24) is 30.3 Å². The normalized spacial score (nSPS) is 17.4. The van der Waals surface area contributed by atoms with Gasteiger partial charge in [0.15, 0.2) is 0 Å². The number of imide groups is 1. The summed E-state index contributed by atoms with van der Waals surface area (Å²) in [4.78, 5) is 84.7. The Morgan fingerprint density at radius 2 is 1.74 bits per heavy atom. The summed E-state index contributed by atoms with van der Waals surface area (Å²) in [6.07, 6.45) is -3.12. The Morgan fingerprint density at radius 3 is 2.48 bits per heavy atom. The Morgan fingerprint density at radius 1 is 0.926 bits per heavy atom. The average molecular weight is 744 g/mol. The SMILES string of the molecule is O=C1CCC(N2Cc3c(NC(=O)CCN4CCN(c5ccc(NC(=O)c6cccc(-c7ccn[nH]7)n6)c(C(F)(F)F)c5)CC4=O)cccc3C2=O)C(=O)N1. The Bertz CT molecular complexity index is 2170. The molecule has 4 aromatic rings. The monoisotopic (exact) mass is 743 g/mol. The number of amides is 6. The third-order valence-corrected chi connectivity index (χ3v) is 9.46. The third kappa shape index (κ3) is 7.35. The molecule has 2 fully saturated rings. The molecule has 0 radical (unpaired) electrons. The van der Waals surface area contributed by atoms with Gasteiger partial charge in [-0.3, -0.25) is 39.2 Å². The lowest BCUT2D eigenvalue weighted by molar-refractivity contribution is -0.138. The number of anilines is 3. The van der Waals surface area contributed by atoms with Gasteiger partial charge < -0.3 is 25.3 Å². The topological polar surface area (TPSA) is 190 Å². The van der Waals surface area contributed by atoms with Gasteiger partial charge in [0.1, 0.15) is 11.7 Å². The van der Waals surface area contributed by atoms with Crippen molar-refractivity contribution >= 4 is 52.5 Å². The minimum absolute atomic E-state index is 0.0449. The molecule has 2 aromatic heterocycles. The summed E-state index contributed by atoms with van der Waals surface area (Å²) < 4.78 is 42.7. The molecule has 4 N–H and O–H groups in total. The maximum absolute atomic E-state index is 14.2. The second-order valence-electron chi connectivity index (χ2n) is 12.9. The summed E-state index contributed by atoms with van der Waals surface area (Å²) in [5, 5.41) is 13.9. The van der Waals surface area contributed by atoms with Crippen LogP contribution in [0.3, 0.4) is 0 Å². The van der Waals surface area contributed by atoms with Crippen molar-refractivity contribution in [3.63, 3.8) is 0 Å². The average Bonchev–Trinajstić information content (AvgIpc) is 3.80. The lowest BCUT2D eigenvalue weighted by atomic mass is 10.0. The Kier molecular flexibility index (Phi) is 9.57. The first-order valence-electron chi connectivity index (χ1n) is 16.9. The van der Waals surface area contributed by atoms with Crippen LogP contribution in [0, 0.1) is 0 Å². The van der Waals surface area contributed by atoms with Gasteiger partial charge in [-0.05, 0) is 55.0 Å². The van der Waals surface area contributed by atoms with E-state index in [9.17, 15) is 41.9 Å². The number of aromatic amines is 1. The van der Waals surface area contributed by atoms with Crippen LogP contribution in [0.5, 0.6) is 0 Å². The molecule has 1 unspecified atom stereocenters. The summed E-state index contributed by atoms with van der Waals surface area (Å²) in [6, 6.07) is 13.6. The third-order valence-electron chi connectivity index (χ3n) is 9.46. The molecule has 5 heterocycles. The maximum Gasteiger partial charge on any atom is 0.418 e. The van der Waals surface area contributed by atoms with Crippen LogP contribution in [0.15, 0.2) is 66.9 Å². The fraction of sp³-hybridized carbons (Fsp3) is 0.278. The van der Waals surface area contributed by atoms with E-state index < -0.39 is 53.0 Å². The van der Waals surface area contributed by atoms with E-state index in [4.69, 9.17) is 0 Å². The fourth-order valence-electron chi connectivity index (χ4n) is 6.69. The number of alkyl halides is 3. The lowest BCUT2D eigenvalue weighted by Gasteiger charge is -2.36. The highest BCUT2D eigenvalue weighted by Crippen LogP contribution is 2.38. The molecule has 6 amide bonds. The second kappa shape index (κ2) is 14.4. The van der Waals surface area contributed by atoms with E-state index in [0.717, 1.165) is 12.1 Å². The summed E-state index contributed by atoms with van der Waals surface area (Å²) in [7, 11) is 0. The van der Waals surface area contributed by atoms with E-state index >= 15 is 0 Å². The van der Waals surface area contributed by atoms with Gasteiger partial charge in [0, 0.05) is 67.7 Å². The number of hydrogen-bond donors (Lipinski definition) is 4. The van der Waals surface area contributed by atoms with E-state index in [1.165, 1.54) is 33.0 Å². The molecule has 0 aliphatic carbocycles. The molecule has 3 aliphatic heterocycles. The predicted octanol–water partition coefficient (Wildman–Crippen LogP) is 3.18. The molecule has 54 heavy (non-hydrogen) atoms. The number of pyridine rings is 1. The van der Waals surface area contributed by atoms with Crippen molar-refractivity contribution in [3.8, 4) is 11.4 Å². The number of fused-ring (bicyclic) bond motifs is 1. The zero-order valence-electron chi connectivity index (χ0n) is 28.4. The molecular weight excluding hydrogens is 711 g/mol. The van der Waals surface area contributed by atoms with Gasteiger partial charge in [-0.2, -0.15) is 18.3 Å². The first kappa shape index (κ1) is 35.8.